The molecule has 2 aromatic carbocycles. The number of benzene rings is 2. The first-order chi connectivity index (χ1) is 17.7. The normalized spacial score (nSPS) is 12.5. The van der Waals surface area contributed by atoms with Crippen molar-refractivity contribution >= 4 is 27.5 Å². The van der Waals surface area contributed by atoms with E-state index in [1.807, 2.05) is 65.8 Å². The van der Waals surface area contributed by atoms with Crippen molar-refractivity contribution in [3.63, 3.8) is 0 Å². The van der Waals surface area contributed by atoms with Gasteiger partial charge in [-0.05, 0) is 77.3 Å². The molecular formula is C29H43N3O5S. The summed E-state index contributed by atoms with van der Waals surface area (Å²) in [4.78, 5) is 28.3. The zero-order valence-corrected chi connectivity index (χ0v) is 24.6. The van der Waals surface area contributed by atoms with Gasteiger partial charge in [-0.25, -0.2) is 8.42 Å². The predicted octanol–water partition coefficient (Wildman–Crippen LogP) is 4.66. The molecule has 0 spiro atoms. The molecule has 0 saturated heterocycles. The molecule has 0 unspecified atom stereocenters. The van der Waals surface area contributed by atoms with Gasteiger partial charge in [-0.15, -0.1) is 0 Å². The summed E-state index contributed by atoms with van der Waals surface area (Å²) in [5, 5.41) is 3.00. The highest BCUT2D eigenvalue weighted by atomic mass is 32.2. The zero-order valence-electron chi connectivity index (χ0n) is 23.8. The van der Waals surface area contributed by atoms with Gasteiger partial charge in [0.1, 0.15) is 11.8 Å². The molecule has 210 valence electrons. The van der Waals surface area contributed by atoms with Crippen molar-refractivity contribution < 1.29 is 22.7 Å². The van der Waals surface area contributed by atoms with Crippen LogP contribution < -0.4 is 14.4 Å². The summed E-state index contributed by atoms with van der Waals surface area (Å²) in [7, 11) is -3.57. The number of hydrogen-bond acceptors (Lipinski definition) is 5. The highest BCUT2D eigenvalue weighted by Crippen LogP contribution is 2.23. The molecule has 0 aliphatic carbocycles. The molecule has 38 heavy (non-hydrogen) atoms. The average Bonchev–Trinajstić information content (AvgIpc) is 2.82. The first-order valence-electron chi connectivity index (χ1n) is 13.1. The number of nitrogens with zero attached hydrogens (tertiary/aromatic N) is 2. The van der Waals surface area contributed by atoms with Crippen LogP contribution in [0.2, 0.25) is 0 Å². The molecule has 1 N–H and O–H groups in total. The molecule has 0 radical (unpaired) electrons. The molecule has 2 aromatic rings. The molecule has 2 amide bonds. The number of carbonyl (C=O) groups is 2. The van der Waals surface area contributed by atoms with Gasteiger partial charge in [0.05, 0.1) is 18.6 Å². The Morgan fingerprint density at radius 1 is 1.00 bits per heavy atom. The molecule has 0 heterocycles. The molecule has 2 rings (SSSR count). The van der Waals surface area contributed by atoms with E-state index in [4.69, 9.17) is 4.74 Å². The Bertz CT molecular complexity index is 1160. The number of ether oxygens (including phenoxy) is 1. The Morgan fingerprint density at radius 3 is 2.11 bits per heavy atom. The molecule has 9 heteroatoms. The van der Waals surface area contributed by atoms with Gasteiger partial charge in [-0.1, -0.05) is 36.8 Å². The fourth-order valence-corrected chi connectivity index (χ4v) is 5.11. The summed E-state index contributed by atoms with van der Waals surface area (Å²) < 4.78 is 31.8. The number of aryl methyl sites for hydroxylation is 1. The fourth-order valence-electron chi connectivity index (χ4n) is 4.14. The minimum absolute atomic E-state index is 0.105. The molecule has 8 nitrogen and oxygen atoms in total. The standard InChI is InChI=1S/C29H43N3O5S/c1-8-26(28(34)30-29(4,5)6)31(21-23-14-12-22(3)13-15-23)27(33)11-10-20-32(38(7,35)36)24-16-18-25(19-17-24)37-9-2/h12-19,26H,8-11,20-21H2,1-7H3,(H,30,34)/t26-/m1/s1. The van der Waals surface area contributed by atoms with E-state index in [1.165, 1.54) is 4.31 Å². The Labute approximate surface area is 228 Å². The monoisotopic (exact) mass is 545 g/mol. The molecule has 0 saturated carbocycles. The second-order valence-corrected chi connectivity index (χ2v) is 12.4. The van der Waals surface area contributed by atoms with Crippen LogP contribution in [0.4, 0.5) is 5.69 Å². The number of anilines is 1. The van der Waals surface area contributed by atoms with Gasteiger partial charge in [-0.2, -0.15) is 0 Å². The molecule has 0 aromatic heterocycles. The van der Waals surface area contributed by atoms with Crippen LogP contribution in [0.5, 0.6) is 5.75 Å². The van der Waals surface area contributed by atoms with Gasteiger partial charge in [0.15, 0.2) is 0 Å². The smallest absolute Gasteiger partial charge is 0.243 e. The average molecular weight is 546 g/mol. The Kier molecular flexibility index (Phi) is 11.2. The van der Waals surface area contributed by atoms with Crippen LogP contribution in [0.3, 0.4) is 0 Å². The lowest BCUT2D eigenvalue weighted by molar-refractivity contribution is -0.142. The SMILES string of the molecule is CCOc1ccc(N(CCCC(=O)N(Cc2ccc(C)cc2)[C@H](CC)C(=O)NC(C)(C)C)S(C)(=O)=O)cc1. The van der Waals surface area contributed by atoms with E-state index in [9.17, 15) is 18.0 Å². The minimum atomic E-state index is -3.57. The van der Waals surface area contributed by atoms with Crippen LogP contribution in [0.1, 0.15) is 65.0 Å². The first kappa shape index (κ1) is 31.1. The molecule has 0 aliphatic heterocycles. The van der Waals surface area contributed by atoms with Crippen LogP contribution in [0.25, 0.3) is 0 Å². The molecule has 0 bridgehead atoms. The van der Waals surface area contributed by atoms with Crippen molar-refractivity contribution in [3.05, 3.63) is 59.7 Å². The van der Waals surface area contributed by atoms with Crippen LogP contribution in [-0.2, 0) is 26.2 Å². The quantitative estimate of drug-likeness (QED) is 0.395. The van der Waals surface area contributed by atoms with E-state index in [0.29, 0.717) is 37.4 Å². The number of amides is 2. The molecule has 0 fully saturated rings. The summed E-state index contributed by atoms with van der Waals surface area (Å²) in [5.41, 5.74) is 2.12. The van der Waals surface area contributed by atoms with E-state index in [1.54, 1.807) is 29.2 Å². The van der Waals surface area contributed by atoms with Gasteiger partial charge in [0.2, 0.25) is 21.8 Å². The summed E-state index contributed by atoms with van der Waals surface area (Å²) in [6, 6.07) is 14.1. The number of rotatable bonds is 13. The third-order valence-corrected chi connectivity index (χ3v) is 7.14. The largest absolute Gasteiger partial charge is 0.494 e. The van der Waals surface area contributed by atoms with Crippen LogP contribution in [0, 0.1) is 6.92 Å². The van der Waals surface area contributed by atoms with Crippen molar-refractivity contribution in [1.82, 2.24) is 10.2 Å². The minimum Gasteiger partial charge on any atom is -0.494 e. The Hall–Kier alpha value is -3.07. The van der Waals surface area contributed by atoms with E-state index >= 15 is 0 Å². The lowest BCUT2D eigenvalue weighted by atomic mass is 10.0. The van der Waals surface area contributed by atoms with Gasteiger partial charge >= 0.3 is 0 Å². The lowest BCUT2D eigenvalue weighted by Gasteiger charge is -2.33. The maximum Gasteiger partial charge on any atom is 0.243 e. The maximum atomic E-state index is 13.5. The second-order valence-electron chi connectivity index (χ2n) is 10.5. The van der Waals surface area contributed by atoms with Crippen LogP contribution in [-0.4, -0.2) is 56.1 Å². The lowest BCUT2D eigenvalue weighted by Crippen LogP contribution is -2.53. The van der Waals surface area contributed by atoms with Crippen molar-refractivity contribution in [2.24, 2.45) is 0 Å². The third-order valence-electron chi connectivity index (χ3n) is 5.95. The Balaban J connectivity index is 2.21. The van der Waals surface area contributed by atoms with E-state index in [-0.39, 0.29) is 24.8 Å². The third kappa shape index (κ3) is 9.67. The molecular weight excluding hydrogens is 502 g/mol. The predicted molar refractivity (Wildman–Crippen MR) is 153 cm³/mol. The van der Waals surface area contributed by atoms with Crippen molar-refractivity contribution in [2.45, 2.75) is 78.9 Å². The number of carbonyl (C=O) groups excluding carboxylic acids is 2. The molecule has 0 aliphatic rings. The van der Waals surface area contributed by atoms with E-state index < -0.39 is 21.6 Å². The van der Waals surface area contributed by atoms with Crippen molar-refractivity contribution in [1.29, 1.82) is 0 Å². The summed E-state index contributed by atoms with van der Waals surface area (Å²) >= 11 is 0. The van der Waals surface area contributed by atoms with E-state index in [0.717, 1.165) is 17.4 Å². The number of nitrogens with one attached hydrogen (secondary N) is 1. The maximum absolute atomic E-state index is 13.5. The van der Waals surface area contributed by atoms with Crippen molar-refractivity contribution in [2.75, 3.05) is 23.7 Å². The first-order valence-corrected chi connectivity index (χ1v) is 15.0. The van der Waals surface area contributed by atoms with E-state index in [2.05, 4.69) is 5.32 Å². The Morgan fingerprint density at radius 2 is 1.61 bits per heavy atom. The zero-order chi connectivity index (χ0) is 28.5. The van der Waals surface area contributed by atoms with Gasteiger partial charge in [0.25, 0.3) is 0 Å². The highest BCUT2D eigenvalue weighted by Gasteiger charge is 2.30. The fraction of sp³-hybridized carbons (Fsp3) is 0.517. The van der Waals surface area contributed by atoms with Gasteiger partial charge in [0, 0.05) is 25.0 Å². The summed E-state index contributed by atoms with van der Waals surface area (Å²) in [6.45, 7) is 12.4. The highest BCUT2D eigenvalue weighted by molar-refractivity contribution is 7.92. The molecule has 1 atom stereocenters. The summed E-state index contributed by atoms with van der Waals surface area (Å²) in [5.74, 6) is 0.264. The van der Waals surface area contributed by atoms with Crippen molar-refractivity contribution in [3.8, 4) is 5.75 Å². The topological polar surface area (TPSA) is 96.0 Å². The number of hydrogen-bond donors (Lipinski definition) is 1. The van der Waals surface area contributed by atoms with Gasteiger partial charge < -0.3 is 15.0 Å². The van der Waals surface area contributed by atoms with Crippen LogP contribution >= 0.6 is 0 Å². The number of sulfonamides is 1. The second kappa shape index (κ2) is 13.6. The summed E-state index contributed by atoms with van der Waals surface area (Å²) in [6.07, 6.45) is 2.02. The van der Waals surface area contributed by atoms with Gasteiger partial charge in [-0.3, -0.25) is 13.9 Å². The van der Waals surface area contributed by atoms with Crippen LogP contribution in [0.15, 0.2) is 48.5 Å².